The van der Waals surface area contributed by atoms with Crippen LogP contribution in [0.3, 0.4) is 0 Å². The SMILES string of the molecule is COC(C)(C)CCC/C(C)=C/C=C/C(C)=C/C=C/C(C)=C/C=C/C=C(C)/C=C/C=C(C)/C=C/C=C(\C)CCC=C(C)C. The zero-order valence-corrected chi connectivity index (χ0v) is 28.8. The van der Waals surface area contributed by atoms with Crippen molar-refractivity contribution < 1.29 is 4.74 Å². The minimum absolute atomic E-state index is 0.0331. The van der Waals surface area contributed by atoms with Gasteiger partial charge in [0, 0.05) is 7.11 Å². The Morgan fingerprint density at radius 3 is 1.31 bits per heavy atom. The highest BCUT2D eigenvalue weighted by Gasteiger charge is 2.14. The molecule has 0 unspecified atom stereocenters. The third-order valence-electron chi connectivity index (χ3n) is 6.74. The van der Waals surface area contributed by atoms with Gasteiger partial charge in [-0.3, -0.25) is 0 Å². The molecule has 1 nitrogen and oxygen atoms in total. The fraction of sp³-hybridized carbons (Fsp3) is 0.415. The van der Waals surface area contributed by atoms with E-state index in [1.54, 1.807) is 7.11 Å². The van der Waals surface area contributed by atoms with Gasteiger partial charge in [0.2, 0.25) is 0 Å². The Labute approximate surface area is 260 Å². The van der Waals surface area contributed by atoms with Gasteiger partial charge in [-0.25, -0.2) is 0 Å². The van der Waals surface area contributed by atoms with Crippen molar-refractivity contribution >= 4 is 0 Å². The number of methoxy groups -OCH3 is 1. The number of hydrogen-bond acceptors (Lipinski definition) is 1. The molecular formula is C41H60O. The van der Waals surface area contributed by atoms with Crippen LogP contribution in [0.1, 0.15) is 101 Å². The molecule has 0 saturated heterocycles. The second-order valence-electron chi connectivity index (χ2n) is 12.1. The van der Waals surface area contributed by atoms with Crippen LogP contribution in [0.5, 0.6) is 0 Å². The van der Waals surface area contributed by atoms with E-state index in [0.717, 1.165) is 32.1 Å². The molecule has 0 rings (SSSR count). The number of hydrogen-bond donors (Lipinski definition) is 0. The standard InChI is InChI=1S/C41H60O/c1-34(2)20-14-23-37(5)26-17-29-38(6)27-15-24-35(3)21-12-13-22-36(4)25-16-28-39(7)30-18-31-40(8)32-19-33-41(9,10)42-11/h12-13,15-18,20-22,24-31H,14,19,23,32-33H2,1-11H3/b13-12+,24-15+,25-16+,29-17+,30-18+,35-21+,36-22+,37-26+,38-27+,39-28+,40-31+. The second-order valence-corrected chi connectivity index (χ2v) is 12.1. The van der Waals surface area contributed by atoms with Crippen LogP contribution < -0.4 is 0 Å². The number of ether oxygens (including phenoxy) is 1. The van der Waals surface area contributed by atoms with E-state index in [2.05, 4.69) is 173 Å². The quantitative estimate of drug-likeness (QED) is 0.118. The van der Waals surface area contributed by atoms with Gasteiger partial charge in [0.05, 0.1) is 5.60 Å². The zero-order valence-electron chi connectivity index (χ0n) is 28.8. The van der Waals surface area contributed by atoms with Crippen molar-refractivity contribution in [3.63, 3.8) is 0 Å². The van der Waals surface area contributed by atoms with Gasteiger partial charge < -0.3 is 4.74 Å². The Morgan fingerprint density at radius 2 is 0.905 bits per heavy atom. The van der Waals surface area contributed by atoms with Gasteiger partial charge in [0.15, 0.2) is 0 Å². The predicted molar refractivity (Wildman–Crippen MR) is 192 cm³/mol. The van der Waals surface area contributed by atoms with Crippen molar-refractivity contribution in [2.45, 2.75) is 107 Å². The summed E-state index contributed by atoms with van der Waals surface area (Å²) in [7, 11) is 1.79. The summed E-state index contributed by atoms with van der Waals surface area (Å²) in [6.45, 7) is 21.5. The first-order chi connectivity index (χ1) is 19.8. The van der Waals surface area contributed by atoms with Crippen LogP contribution in [0.25, 0.3) is 0 Å². The summed E-state index contributed by atoms with van der Waals surface area (Å²) in [5, 5.41) is 0. The zero-order chi connectivity index (χ0) is 31.8. The van der Waals surface area contributed by atoms with E-state index in [1.807, 2.05) is 0 Å². The minimum Gasteiger partial charge on any atom is -0.379 e. The lowest BCUT2D eigenvalue weighted by atomic mass is 9.99. The molecule has 0 aliphatic heterocycles. The van der Waals surface area contributed by atoms with E-state index >= 15 is 0 Å². The molecular weight excluding hydrogens is 508 g/mol. The molecule has 0 aliphatic rings. The average molecular weight is 569 g/mol. The third-order valence-corrected chi connectivity index (χ3v) is 6.74. The fourth-order valence-corrected chi connectivity index (χ4v) is 3.72. The van der Waals surface area contributed by atoms with Crippen molar-refractivity contribution in [3.8, 4) is 0 Å². The Morgan fingerprint density at radius 1 is 0.524 bits per heavy atom. The summed E-state index contributed by atoms with van der Waals surface area (Å²) in [6, 6.07) is 0. The summed E-state index contributed by atoms with van der Waals surface area (Å²) in [5.41, 5.74) is 9.04. The van der Waals surface area contributed by atoms with E-state index in [4.69, 9.17) is 4.74 Å². The van der Waals surface area contributed by atoms with Crippen LogP contribution in [0, 0.1) is 0 Å². The highest BCUT2D eigenvalue weighted by atomic mass is 16.5. The molecule has 230 valence electrons. The van der Waals surface area contributed by atoms with Gasteiger partial charge >= 0.3 is 0 Å². The lowest BCUT2D eigenvalue weighted by Crippen LogP contribution is -2.21. The maximum Gasteiger partial charge on any atom is 0.0622 e. The van der Waals surface area contributed by atoms with E-state index in [9.17, 15) is 0 Å². The first kappa shape index (κ1) is 38.8. The molecule has 0 aliphatic carbocycles. The summed E-state index contributed by atoms with van der Waals surface area (Å²) >= 11 is 0. The lowest BCUT2D eigenvalue weighted by Gasteiger charge is -2.22. The van der Waals surface area contributed by atoms with Gasteiger partial charge in [-0.05, 0) is 101 Å². The van der Waals surface area contributed by atoms with Gasteiger partial charge in [-0.15, -0.1) is 0 Å². The van der Waals surface area contributed by atoms with E-state index in [0.29, 0.717) is 0 Å². The van der Waals surface area contributed by atoms with Gasteiger partial charge in [-0.2, -0.15) is 0 Å². The van der Waals surface area contributed by atoms with Crippen molar-refractivity contribution in [2.75, 3.05) is 7.11 Å². The first-order valence-electron chi connectivity index (χ1n) is 15.4. The highest BCUT2D eigenvalue weighted by molar-refractivity contribution is 5.32. The lowest BCUT2D eigenvalue weighted by molar-refractivity contribution is 0.0140. The van der Waals surface area contributed by atoms with Crippen LogP contribution in [0.4, 0.5) is 0 Å². The topological polar surface area (TPSA) is 9.23 Å². The van der Waals surface area contributed by atoms with Crippen LogP contribution in [-0.4, -0.2) is 12.7 Å². The van der Waals surface area contributed by atoms with E-state index in [-0.39, 0.29) is 5.60 Å². The third kappa shape index (κ3) is 24.6. The van der Waals surface area contributed by atoms with Crippen LogP contribution in [0.15, 0.2) is 142 Å². The summed E-state index contributed by atoms with van der Waals surface area (Å²) in [4.78, 5) is 0. The molecule has 0 radical (unpaired) electrons. The largest absolute Gasteiger partial charge is 0.379 e. The monoisotopic (exact) mass is 568 g/mol. The van der Waals surface area contributed by atoms with Crippen molar-refractivity contribution in [2.24, 2.45) is 0 Å². The van der Waals surface area contributed by atoms with Crippen LogP contribution in [-0.2, 0) is 4.74 Å². The van der Waals surface area contributed by atoms with Crippen LogP contribution in [0.2, 0.25) is 0 Å². The minimum atomic E-state index is -0.0331. The molecule has 0 spiro atoms. The summed E-state index contributed by atoms with van der Waals surface area (Å²) in [5.74, 6) is 0. The van der Waals surface area contributed by atoms with Gasteiger partial charge in [-0.1, -0.05) is 142 Å². The highest BCUT2D eigenvalue weighted by Crippen LogP contribution is 2.18. The van der Waals surface area contributed by atoms with Crippen molar-refractivity contribution in [1.29, 1.82) is 0 Å². The van der Waals surface area contributed by atoms with Crippen molar-refractivity contribution in [1.82, 2.24) is 0 Å². The Kier molecular flexibility index (Phi) is 21.6. The molecule has 0 aromatic rings. The molecule has 0 heterocycles. The smallest absolute Gasteiger partial charge is 0.0622 e. The molecule has 0 fully saturated rings. The summed E-state index contributed by atoms with van der Waals surface area (Å²) in [6.07, 6.45) is 42.1. The molecule has 42 heavy (non-hydrogen) atoms. The first-order valence-corrected chi connectivity index (χ1v) is 15.4. The Hall–Kier alpha value is -3.16. The molecule has 1 heteroatoms. The molecule has 0 aromatic carbocycles. The van der Waals surface area contributed by atoms with Gasteiger partial charge in [0.1, 0.15) is 0 Å². The molecule has 0 N–H and O–H groups in total. The van der Waals surface area contributed by atoms with Gasteiger partial charge in [0.25, 0.3) is 0 Å². The Bertz CT molecular complexity index is 1150. The summed E-state index contributed by atoms with van der Waals surface area (Å²) < 4.78 is 5.50. The van der Waals surface area contributed by atoms with Crippen LogP contribution >= 0.6 is 0 Å². The Balaban J connectivity index is 4.69. The number of rotatable bonds is 18. The predicted octanol–water partition coefficient (Wildman–Crippen LogP) is 12.8. The molecule has 0 saturated carbocycles. The maximum atomic E-state index is 5.50. The van der Waals surface area contributed by atoms with Crippen molar-refractivity contribution in [3.05, 3.63) is 142 Å². The fourth-order valence-electron chi connectivity index (χ4n) is 3.72. The normalized spacial score (nSPS) is 15.5. The molecule has 0 bridgehead atoms. The number of allylic oxidation sites excluding steroid dienone is 24. The second kappa shape index (κ2) is 23.4. The molecule has 0 aromatic heterocycles. The average Bonchev–Trinajstić information content (AvgIpc) is 2.91. The van der Waals surface area contributed by atoms with E-state index < -0.39 is 0 Å². The molecule has 0 amide bonds. The maximum absolute atomic E-state index is 5.50. The molecule has 0 atom stereocenters. The van der Waals surface area contributed by atoms with E-state index in [1.165, 1.54) is 39.0 Å².